The van der Waals surface area contributed by atoms with E-state index < -0.39 is 24.4 Å². The zero-order chi connectivity index (χ0) is 8.43. The molecule has 1 saturated heterocycles. The minimum atomic E-state index is -1.08. The van der Waals surface area contributed by atoms with E-state index in [0.29, 0.717) is 0 Å². The van der Waals surface area contributed by atoms with E-state index in [0.717, 1.165) is 0 Å². The molecule has 0 aliphatic carbocycles. The second-order valence-electron chi connectivity index (χ2n) is 2.70. The molecule has 0 saturated carbocycles. The van der Waals surface area contributed by atoms with Gasteiger partial charge in [0.1, 0.15) is 12.2 Å². The van der Waals surface area contributed by atoms with Gasteiger partial charge in [-0.25, -0.2) is 0 Å². The maximum atomic E-state index is 9.19. The average Bonchev–Trinajstić information content (AvgIpc) is 2.01. The summed E-state index contributed by atoms with van der Waals surface area (Å²) < 4.78 is 4.94. The summed E-state index contributed by atoms with van der Waals surface area (Å²) >= 11 is 0. The molecule has 1 fully saturated rings. The van der Waals surface area contributed by atoms with Crippen molar-refractivity contribution in [2.75, 3.05) is 13.2 Å². The molecule has 3 unspecified atom stereocenters. The van der Waals surface area contributed by atoms with Gasteiger partial charge in [-0.15, -0.1) is 0 Å². The zero-order valence-corrected chi connectivity index (χ0v) is 6.05. The normalized spacial score (nSPS) is 45.8. The summed E-state index contributed by atoms with van der Waals surface area (Å²) in [5.74, 6) is 0. The maximum absolute atomic E-state index is 9.19. The Morgan fingerprint density at radius 3 is 2.55 bits per heavy atom. The van der Waals surface area contributed by atoms with E-state index in [1.807, 2.05) is 0 Å². The van der Waals surface area contributed by atoms with Gasteiger partial charge in [0, 0.05) is 0 Å². The van der Waals surface area contributed by atoms with Crippen LogP contribution >= 0.6 is 0 Å². The Bertz CT molecular complexity index is 130. The molecule has 1 aliphatic heterocycles. The largest absolute Gasteiger partial charge is 0.394 e. The summed E-state index contributed by atoms with van der Waals surface area (Å²) in [4.78, 5) is 0. The van der Waals surface area contributed by atoms with E-state index in [4.69, 9.17) is 15.6 Å². The molecule has 5 nitrogen and oxygen atoms in total. The fourth-order valence-electron chi connectivity index (χ4n) is 1.07. The first-order valence-corrected chi connectivity index (χ1v) is 3.51. The smallest absolute Gasteiger partial charge is 0.110 e. The van der Waals surface area contributed by atoms with Crippen molar-refractivity contribution in [2.24, 2.45) is 5.73 Å². The Kier molecular flexibility index (Phi) is 2.80. The van der Waals surface area contributed by atoms with Gasteiger partial charge in [-0.2, -0.15) is 0 Å². The van der Waals surface area contributed by atoms with Gasteiger partial charge in [0.25, 0.3) is 0 Å². The minimum absolute atomic E-state index is 0.170. The van der Waals surface area contributed by atoms with Gasteiger partial charge in [-0.3, -0.25) is 0 Å². The van der Waals surface area contributed by atoms with Crippen LogP contribution < -0.4 is 5.73 Å². The van der Waals surface area contributed by atoms with E-state index in [9.17, 15) is 10.2 Å². The first-order valence-electron chi connectivity index (χ1n) is 3.51. The molecule has 5 heteroatoms. The van der Waals surface area contributed by atoms with Crippen molar-refractivity contribution in [2.45, 2.75) is 24.4 Å². The number of aliphatic hydroxyl groups is 3. The van der Waals surface area contributed by atoms with Crippen molar-refractivity contribution in [3.8, 4) is 0 Å². The molecule has 11 heavy (non-hydrogen) atoms. The van der Waals surface area contributed by atoms with Gasteiger partial charge in [-0.1, -0.05) is 0 Å². The van der Waals surface area contributed by atoms with Gasteiger partial charge in [0.15, 0.2) is 0 Å². The van der Waals surface area contributed by atoms with Crippen LogP contribution in [0, 0.1) is 0 Å². The number of ether oxygens (including phenoxy) is 1. The van der Waals surface area contributed by atoms with Crippen LogP contribution in [0.25, 0.3) is 0 Å². The number of aliphatic hydroxyl groups excluding tert-OH is 3. The van der Waals surface area contributed by atoms with E-state index >= 15 is 0 Å². The van der Waals surface area contributed by atoms with Crippen LogP contribution in [0.2, 0.25) is 0 Å². The highest BCUT2D eigenvalue weighted by Gasteiger charge is 2.35. The van der Waals surface area contributed by atoms with Crippen LogP contribution in [-0.2, 0) is 4.74 Å². The van der Waals surface area contributed by atoms with E-state index in [-0.39, 0.29) is 13.2 Å². The quantitative estimate of drug-likeness (QED) is 0.340. The highest BCUT2D eigenvalue weighted by atomic mass is 16.5. The van der Waals surface area contributed by atoms with Crippen molar-refractivity contribution in [1.82, 2.24) is 0 Å². The van der Waals surface area contributed by atoms with Crippen LogP contribution in [0.4, 0.5) is 0 Å². The third kappa shape index (κ3) is 1.69. The first kappa shape index (κ1) is 8.89. The maximum Gasteiger partial charge on any atom is 0.110 e. The average molecular weight is 163 g/mol. The zero-order valence-electron chi connectivity index (χ0n) is 6.05. The van der Waals surface area contributed by atoms with E-state index in [1.54, 1.807) is 0 Å². The topological polar surface area (TPSA) is 95.9 Å². The second kappa shape index (κ2) is 3.46. The molecule has 0 aromatic carbocycles. The third-order valence-corrected chi connectivity index (χ3v) is 1.85. The predicted octanol–water partition coefficient (Wildman–Crippen LogP) is -2.57. The van der Waals surface area contributed by atoms with Crippen LogP contribution in [-0.4, -0.2) is 52.9 Å². The molecule has 4 atom stereocenters. The van der Waals surface area contributed by atoms with Crippen molar-refractivity contribution in [1.29, 1.82) is 0 Å². The fraction of sp³-hybridized carbons (Fsp3) is 1.00. The molecular formula is C6H13NO4. The third-order valence-electron chi connectivity index (χ3n) is 1.85. The van der Waals surface area contributed by atoms with Gasteiger partial charge in [-0.05, 0) is 0 Å². The lowest BCUT2D eigenvalue weighted by molar-refractivity contribution is -0.156. The monoisotopic (exact) mass is 163 g/mol. The molecule has 1 rings (SSSR count). The lowest BCUT2D eigenvalue weighted by atomic mass is 9.99. The Morgan fingerprint density at radius 1 is 1.36 bits per heavy atom. The molecule has 0 aromatic rings. The molecular weight excluding hydrogens is 150 g/mol. The highest BCUT2D eigenvalue weighted by Crippen LogP contribution is 2.13. The number of rotatable bonds is 1. The van der Waals surface area contributed by atoms with Gasteiger partial charge >= 0.3 is 0 Å². The van der Waals surface area contributed by atoms with Crippen molar-refractivity contribution in [3.05, 3.63) is 0 Å². The Hall–Kier alpha value is -0.200. The summed E-state index contributed by atoms with van der Waals surface area (Å²) in [5.41, 5.74) is 5.37. The Balaban J connectivity index is 2.52. The van der Waals surface area contributed by atoms with Crippen LogP contribution in [0.5, 0.6) is 0 Å². The SMILES string of the molecule is NC1COC(CO)[C@@H](O)C1O. The minimum Gasteiger partial charge on any atom is -0.394 e. The van der Waals surface area contributed by atoms with Gasteiger partial charge < -0.3 is 25.8 Å². The highest BCUT2D eigenvalue weighted by molar-refractivity contribution is 4.88. The molecule has 0 spiro atoms. The predicted molar refractivity (Wildman–Crippen MR) is 36.8 cm³/mol. The number of nitrogens with two attached hydrogens (primary N) is 1. The Labute approximate surface area is 64.4 Å². The van der Waals surface area contributed by atoms with Crippen LogP contribution in [0.3, 0.4) is 0 Å². The van der Waals surface area contributed by atoms with Gasteiger partial charge in [0.2, 0.25) is 0 Å². The molecule has 5 N–H and O–H groups in total. The molecule has 1 heterocycles. The molecule has 66 valence electrons. The first-order chi connectivity index (χ1) is 5.16. The standard InChI is InChI=1S/C6H13NO4/c7-3-2-11-4(1-8)6(10)5(3)9/h3-6,8-10H,1-2,7H2/t3?,4?,5?,6-/m1/s1. The number of hydrogen-bond acceptors (Lipinski definition) is 5. The summed E-state index contributed by atoms with van der Waals surface area (Å²) in [6, 6.07) is -0.562. The summed E-state index contributed by atoms with van der Waals surface area (Å²) in [6.07, 6.45) is -2.78. The second-order valence-corrected chi connectivity index (χ2v) is 2.70. The summed E-state index contributed by atoms with van der Waals surface area (Å²) in [6.45, 7) is -0.131. The Morgan fingerprint density at radius 2 is 2.00 bits per heavy atom. The van der Waals surface area contributed by atoms with E-state index in [1.165, 1.54) is 0 Å². The molecule has 1 aliphatic rings. The number of hydrogen-bond donors (Lipinski definition) is 4. The molecule has 0 amide bonds. The van der Waals surface area contributed by atoms with Crippen LogP contribution in [0.15, 0.2) is 0 Å². The summed E-state index contributed by atoms with van der Waals surface area (Å²) in [5, 5.41) is 27.0. The van der Waals surface area contributed by atoms with Gasteiger partial charge in [0.05, 0.1) is 25.4 Å². The van der Waals surface area contributed by atoms with Crippen LogP contribution in [0.1, 0.15) is 0 Å². The fourth-order valence-corrected chi connectivity index (χ4v) is 1.07. The van der Waals surface area contributed by atoms with E-state index in [2.05, 4.69) is 0 Å². The molecule has 0 radical (unpaired) electrons. The lowest BCUT2D eigenvalue weighted by Crippen LogP contribution is -2.57. The molecule has 0 aromatic heterocycles. The lowest BCUT2D eigenvalue weighted by Gasteiger charge is -2.34. The van der Waals surface area contributed by atoms with Crippen molar-refractivity contribution < 1.29 is 20.1 Å². The van der Waals surface area contributed by atoms with Crippen molar-refractivity contribution >= 4 is 0 Å². The molecule has 0 bridgehead atoms. The van der Waals surface area contributed by atoms with Crippen molar-refractivity contribution in [3.63, 3.8) is 0 Å². The summed E-state index contributed by atoms with van der Waals surface area (Å²) in [7, 11) is 0.